The Balaban J connectivity index is 1.99. The molecule has 0 saturated heterocycles. The molecule has 0 atom stereocenters. The zero-order valence-corrected chi connectivity index (χ0v) is 12.8. The van der Waals surface area contributed by atoms with E-state index in [1.165, 1.54) is 6.07 Å². The molecule has 2 rings (SSSR count). The number of rotatable bonds is 3. The Hall–Kier alpha value is -0.770. The molecule has 110 valence electrons. The highest BCUT2D eigenvalue weighted by Crippen LogP contribution is 2.27. The lowest BCUT2D eigenvalue weighted by molar-refractivity contribution is 0.0246. The second kappa shape index (κ2) is 6.79. The van der Waals surface area contributed by atoms with Gasteiger partial charge in [-0.3, -0.25) is 4.79 Å². The van der Waals surface area contributed by atoms with Gasteiger partial charge in [0.15, 0.2) is 0 Å². The molecule has 0 aliphatic heterocycles. The number of carbonyl (C=O) groups is 1. The lowest BCUT2D eigenvalue weighted by atomic mass is 9.94. The Morgan fingerprint density at radius 2 is 1.85 bits per heavy atom. The van der Waals surface area contributed by atoms with Crippen LogP contribution in [-0.2, 0) is 0 Å². The van der Waals surface area contributed by atoms with E-state index in [1.807, 2.05) is 0 Å². The van der Waals surface area contributed by atoms with Crippen LogP contribution in [0, 0.1) is 0 Å². The van der Waals surface area contributed by atoms with Gasteiger partial charge in [0.1, 0.15) is 0 Å². The van der Waals surface area contributed by atoms with Gasteiger partial charge in [0.25, 0.3) is 5.91 Å². The van der Waals surface area contributed by atoms with Gasteiger partial charge in [-0.2, -0.15) is 0 Å². The molecule has 1 fully saturated rings. The molecule has 2 N–H and O–H groups in total. The molecule has 1 amide bonds. The molecule has 0 spiro atoms. The summed E-state index contributed by atoms with van der Waals surface area (Å²) in [6.07, 6.45) is 5.77. The maximum atomic E-state index is 12.1. The third-order valence-electron chi connectivity index (χ3n) is 3.79. The van der Waals surface area contributed by atoms with E-state index >= 15 is 0 Å². The summed E-state index contributed by atoms with van der Waals surface area (Å²) in [7, 11) is 0. The van der Waals surface area contributed by atoms with Crippen LogP contribution in [-0.4, -0.2) is 23.2 Å². The van der Waals surface area contributed by atoms with E-state index in [0.717, 1.165) is 38.5 Å². The summed E-state index contributed by atoms with van der Waals surface area (Å²) in [5.41, 5.74) is -0.451. The van der Waals surface area contributed by atoms with Gasteiger partial charge in [-0.1, -0.05) is 48.9 Å². The molecule has 1 saturated carbocycles. The largest absolute Gasteiger partial charge is 0.388 e. The molecule has 5 heteroatoms. The van der Waals surface area contributed by atoms with Crippen LogP contribution in [0.25, 0.3) is 0 Å². The van der Waals surface area contributed by atoms with Crippen molar-refractivity contribution in [3.8, 4) is 0 Å². The standard InChI is InChI=1S/C15H19Cl2NO2/c16-11-5-6-13(17)12(9-11)14(19)18-10-15(20)7-3-1-2-4-8-15/h5-6,9,20H,1-4,7-8,10H2,(H,18,19). The van der Waals surface area contributed by atoms with Crippen LogP contribution in [0.4, 0.5) is 0 Å². The van der Waals surface area contributed by atoms with Crippen LogP contribution in [0.1, 0.15) is 48.9 Å². The van der Waals surface area contributed by atoms with Crippen molar-refractivity contribution in [3.63, 3.8) is 0 Å². The van der Waals surface area contributed by atoms with E-state index in [4.69, 9.17) is 23.2 Å². The minimum atomic E-state index is -0.794. The van der Waals surface area contributed by atoms with Gasteiger partial charge in [0.2, 0.25) is 0 Å². The third kappa shape index (κ3) is 4.11. The average molecular weight is 316 g/mol. The lowest BCUT2D eigenvalue weighted by Gasteiger charge is -2.26. The van der Waals surface area contributed by atoms with E-state index in [1.54, 1.807) is 12.1 Å². The Kier molecular flexibility index (Phi) is 5.30. The minimum Gasteiger partial charge on any atom is -0.388 e. The molecule has 1 aliphatic carbocycles. The summed E-state index contributed by atoms with van der Waals surface area (Å²) in [5.74, 6) is -0.296. The number of nitrogens with one attached hydrogen (secondary N) is 1. The maximum Gasteiger partial charge on any atom is 0.252 e. The van der Waals surface area contributed by atoms with Crippen molar-refractivity contribution < 1.29 is 9.90 Å². The van der Waals surface area contributed by atoms with E-state index in [-0.39, 0.29) is 12.5 Å². The first-order valence-corrected chi connectivity index (χ1v) is 7.71. The Labute approximate surface area is 129 Å². The van der Waals surface area contributed by atoms with Crippen LogP contribution in [0.15, 0.2) is 18.2 Å². The minimum absolute atomic E-state index is 0.259. The number of halogens is 2. The quantitative estimate of drug-likeness (QED) is 0.833. The second-order valence-electron chi connectivity index (χ2n) is 5.45. The lowest BCUT2D eigenvalue weighted by Crippen LogP contribution is -2.42. The number of carbonyl (C=O) groups excluding carboxylic acids is 1. The molecule has 1 aromatic rings. The summed E-state index contributed by atoms with van der Waals surface area (Å²) in [6, 6.07) is 4.77. The normalized spacial score (nSPS) is 18.4. The molecule has 3 nitrogen and oxygen atoms in total. The Morgan fingerprint density at radius 3 is 2.50 bits per heavy atom. The Bertz CT molecular complexity index is 483. The predicted molar refractivity (Wildman–Crippen MR) is 81.4 cm³/mol. The van der Waals surface area contributed by atoms with Gasteiger partial charge in [-0.25, -0.2) is 0 Å². The van der Waals surface area contributed by atoms with E-state index in [9.17, 15) is 9.90 Å². The smallest absolute Gasteiger partial charge is 0.252 e. The molecule has 1 aromatic carbocycles. The van der Waals surface area contributed by atoms with E-state index < -0.39 is 5.60 Å². The summed E-state index contributed by atoms with van der Waals surface area (Å²) >= 11 is 11.9. The van der Waals surface area contributed by atoms with E-state index in [0.29, 0.717) is 15.6 Å². The SMILES string of the molecule is O=C(NCC1(O)CCCCCC1)c1cc(Cl)ccc1Cl. The first-order chi connectivity index (χ1) is 9.50. The second-order valence-corrected chi connectivity index (χ2v) is 6.29. The fourth-order valence-corrected chi connectivity index (χ4v) is 2.95. The first kappa shape index (κ1) is 15.6. The highest BCUT2D eigenvalue weighted by atomic mass is 35.5. The van der Waals surface area contributed by atoms with Crippen LogP contribution < -0.4 is 5.32 Å². The summed E-state index contributed by atoms with van der Waals surface area (Å²) in [4.78, 5) is 12.1. The maximum absolute atomic E-state index is 12.1. The molecule has 0 radical (unpaired) electrons. The van der Waals surface area contributed by atoms with E-state index in [2.05, 4.69) is 5.32 Å². The van der Waals surface area contributed by atoms with Crippen molar-refractivity contribution in [1.82, 2.24) is 5.32 Å². The summed E-state index contributed by atoms with van der Waals surface area (Å²) in [6.45, 7) is 0.259. The van der Waals surface area contributed by atoms with Crippen molar-refractivity contribution >= 4 is 29.1 Å². The topological polar surface area (TPSA) is 49.3 Å². The van der Waals surface area contributed by atoms with Crippen LogP contribution in [0.3, 0.4) is 0 Å². The molecule has 0 heterocycles. The van der Waals surface area contributed by atoms with Crippen LogP contribution >= 0.6 is 23.2 Å². The number of benzene rings is 1. The van der Waals surface area contributed by atoms with Crippen LogP contribution in [0.5, 0.6) is 0 Å². The molecule has 0 aromatic heterocycles. The zero-order valence-electron chi connectivity index (χ0n) is 11.3. The molecule has 0 unspecified atom stereocenters. The fraction of sp³-hybridized carbons (Fsp3) is 0.533. The van der Waals surface area contributed by atoms with Crippen molar-refractivity contribution in [2.75, 3.05) is 6.54 Å². The molecular weight excluding hydrogens is 297 g/mol. The van der Waals surface area contributed by atoms with Crippen molar-refractivity contribution in [1.29, 1.82) is 0 Å². The van der Waals surface area contributed by atoms with Gasteiger partial charge in [0.05, 0.1) is 16.2 Å². The molecule has 1 aliphatic rings. The fourth-order valence-electron chi connectivity index (χ4n) is 2.57. The van der Waals surface area contributed by atoms with Gasteiger partial charge in [-0.05, 0) is 31.0 Å². The monoisotopic (exact) mass is 315 g/mol. The van der Waals surface area contributed by atoms with Crippen molar-refractivity contribution in [2.24, 2.45) is 0 Å². The van der Waals surface area contributed by atoms with Gasteiger partial charge in [-0.15, -0.1) is 0 Å². The molecule has 0 bridgehead atoms. The number of aliphatic hydroxyl groups is 1. The van der Waals surface area contributed by atoms with Gasteiger partial charge >= 0.3 is 0 Å². The number of hydrogen-bond acceptors (Lipinski definition) is 2. The van der Waals surface area contributed by atoms with Gasteiger partial charge in [0, 0.05) is 11.6 Å². The van der Waals surface area contributed by atoms with Crippen molar-refractivity contribution in [2.45, 2.75) is 44.1 Å². The number of hydrogen-bond donors (Lipinski definition) is 2. The zero-order chi connectivity index (χ0) is 14.6. The predicted octanol–water partition coefficient (Wildman–Crippen LogP) is 3.81. The average Bonchev–Trinajstić information content (AvgIpc) is 2.64. The summed E-state index contributed by atoms with van der Waals surface area (Å²) < 4.78 is 0. The molecular formula is C15H19Cl2NO2. The third-order valence-corrected chi connectivity index (χ3v) is 4.35. The molecule has 20 heavy (non-hydrogen) atoms. The Morgan fingerprint density at radius 1 is 1.20 bits per heavy atom. The highest BCUT2D eigenvalue weighted by Gasteiger charge is 2.28. The number of amides is 1. The first-order valence-electron chi connectivity index (χ1n) is 6.96. The van der Waals surface area contributed by atoms with Crippen molar-refractivity contribution in [3.05, 3.63) is 33.8 Å². The van der Waals surface area contributed by atoms with Gasteiger partial charge < -0.3 is 10.4 Å². The highest BCUT2D eigenvalue weighted by molar-refractivity contribution is 6.35. The van der Waals surface area contributed by atoms with Crippen LogP contribution in [0.2, 0.25) is 10.0 Å². The summed E-state index contributed by atoms with van der Waals surface area (Å²) in [5, 5.41) is 14.1.